The molecule has 0 aliphatic heterocycles. The van der Waals surface area contributed by atoms with Crippen LogP contribution in [0.5, 0.6) is 46.0 Å². The van der Waals surface area contributed by atoms with E-state index in [1.807, 2.05) is 12.1 Å². The highest BCUT2D eigenvalue weighted by Crippen LogP contribution is 2.45. The van der Waals surface area contributed by atoms with E-state index in [0.717, 1.165) is 59.5 Å². The molecule has 0 saturated carbocycles. The minimum absolute atomic E-state index is 0.00251. The van der Waals surface area contributed by atoms with Crippen molar-refractivity contribution in [3.8, 4) is 68.4 Å². The Hall–Kier alpha value is -10.6. The molecule has 0 saturated heterocycles. The van der Waals surface area contributed by atoms with Gasteiger partial charge in [-0.15, -0.1) is 0 Å². The number of phenolic OH excluding ortho intramolecular Hbond substituents is 6. The topological polar surface area (TPSA) is 440 Å². The van der Waals surface area contributed by atoms with Crippen LogP contribution in [0.2, 0.25) is 0 Å². The first-order valence-corrected chi connectivity index (χ1v) is 38.1. The summed E-state index contributed by atoms with van der Waals surface area (Å²) in [4.78, 5) is 22.6. The van der Waals surface area contributed by atoms with E-state index in [-0.39, 0.29) is 175 Å². The Morgan fingerprint density at radius 1 is 0.381 bits per heavy atom. The first-order chi connectivity index (χ1) is 49.5. The minimum Gasteiger partial charge on any atom is -0.744 e. The van der Waals surface area contributed by atoms with Crippen LogP contribution in [-0.4, -0.2) is 119 Å². The number of amides is 2. The van der Waals surface area contributed by atoms with Crippen LogP contribution in [0.25, 0.3) is 22.5 Å². The van der Waals surface area contributed by atoms with Gasteiger partial charge in [-0.3, -0.25) is 9.59 Å². The molecule has 2 aliphatic carbocycles. The normalized spacial score (nSPS) is 12.9. The number of furan rings is 1. The number of benzene rings is 9. The van der Waals surface area contributed by atoms with Gasteiger partial charge in [-0.25, -0.2) is 33.7 Å². The number of ether oxygens (including phenoxy) is 2. The van der Waals surface area contributed by atoms with Crippen molar-refractivity contribution in [2.75, 3.05) is 13.2 Å². The molecule has 2 amide bonds. The highest BCUT2D eigenvalue weighted by Gasteiger charge is 2.28. The summed E-state index contributed by atoms with van der Waals surface area (Å²) in [5, 5.41) is 74.0. The summed E-state index contributed by atoms with van der Waals surface area (Å²) in [6.07, 6.45) is -0.664. The van der Waals surface area contributed by atoms with Crippen molar-refractivity contribution in [3.63, 3.8) is 0 Å². The zero-order chi connectivity index (χ0) is 75.8. The van der Waals surface area contributed by atoms with Crippen LogP contribution >= 0.6 is 24.4 Å². The van der Waals surface area contributed by atoms with Crippen molar-refractivity contribution < 1.29 is 106 Å². The maximum Gasteiger partial charge on any atom is 0.262 e. The summed E-state index contributed by atoms with van der Waals surface area (Å²) in [6.45, 7) is 2.27. The summed E-state index contributed by atoms with van der Waals surface area (Å²) in [5.41, 5.74) is 6.87. The van der Waals surface area contributed by atoms with Crippen molar-refractivity contribution in [2.24, 2.45) is 0 Å². The fraction of sp³-hybridized carbons (Fsp3) is 0.162. The molecule has 1 aromatic heterocycles. The van der Waals surface area contributed by atoms with E-state index in [2.05, 4.69) is 10.6 Å². The van der Waals surface area contributed by atoms with Crippen molar-refractivity contribution >= 4 is 87.7 Å². The third-order valence-electron chi connectivity index (χ3n) is 17.5. The third-order valence-corrected chi connectivity index (χ3v) is 21.0. The molecule has 1 heterocycles. The molecule has 0 fully saturated rings. The van der Waals surface area contributed by atoms with Gasteiger partial charge in [0.1, 0.15) is 92.2 Å². The molecule has 10 aromatic rings. The van der Waals surface area contributed by atoms with E-state index >= 15 is 0 Å². The van der Waals surface area contributed by atoms with Crippen molar-refractivity contribution in [1.29, 1.82) is 0 Å². The molecular weight excluding hydrogens is 1480 g/mol. The second-order valence-electron chi connectivity index (χ2n) is 25.0. The van der Waals surface area contributed by atoms with Crippen LogP contribution in [-0.2, 0) is 101 Å². The number of rotatable bonds is 14. The second kappa shape index (κ2) is 30.2. The van der Waals surface area contributed by atoms with Gasteiger partial charge in [-0.1, -0.05) is 90.2 Å². The Bertz CT molecular complexity index is 5420. The average molecular weight is 1540 g/mol. The Labute approximate surface area is 612 Å². The lowest BCUT2D eigenvalue weighted by molar-refractivity contribution is -0.122. The predicted octanol–water partition coefficient (Wildman–Crippen LogP) is 9.02. The van der Waals surface area contributed by atoms with Crippen LogP contribution in [0.1, 0.15) is 100 Å². The van der Waals surface area contributed by atoms with Gasteiger partial charge in [-0.05, 0) is 199 Å². The number of phenols is 6. The van der Waals surface area contributed by atoms with E-state index in [4.69, 9.17) is 38.3 Å². The van der Waals surface area contributed by atoms with Gasteiger partial charge in [0, 0.05) is 56.9 Å². The molecule has 0 spiro atoms. The van der Waals surface area contributed by atoms with Gasteiger partial charge >= 0.3 is 0 Å². The van der Waals surface area contributed by atoms with Gasteiger partial charge in [0.2, 0.25) is 0 Å². The van der Waals surface area contributed by atoms with Crippen LogP contribution < -0.4 is 20.1 Å². The predicted molar refractivity (Wildman–Crippen MR) is 383 cm³/mol. The average Bonchev–Trinajstić information content (AvgIpc) is 1.12. The molecule has 8 N–H and O–H groups in total. The molecule has 9 aromatic carbocycles. The van der Waals surface area contributed by atoms with Crippen molar-refractivity contribution in [2.45, 2.75) is 84.8 Å². The maximum atomic E-state index is 12.6. The lowest BCUT2D eigenvalue weighted by atomic mass is 9.89. The molecule has 544 valence electrons. The number of aryl methyl sites for hydroxylation is 2. The van der Waals surface area contributed by atoms with Crippen LogP contribution in [0, 0.1) is 13.8 Å². The summed E-state index contributed by atoms with van der Waals surface area (Å²) in [6, 6.07) is 33.4. The molecular formula is C74H60N2O23S6-4. The number of nitrogens with one attached hydrogen (secondary N) is 2. The van der Waals surface area contributed by atoms with E-state index in [0.29, 0.717) is 44.7 Å². The van der Waals surface area contributed by atoms with Crippen LogP contribution in [0.3, 0.4) is 0 Å². The summed E-state index contributed by atoms with van der Waals surface area (Å²) < 4.78 is 167. The third kappa shape index (κ3) is 17.3. The highest BCUT2D eigenvalue weighted by molar-refractivity contribution is 7.86. The van der Waals surface area contributed by atoms with E-state index in [9.17, 15) is 92.1 Å². The first kappa shape index (κ1) is 75.6. The molecule has 0 radical (unpaired) electrons. The van der Waals surface area contributed by atoms with Crippen molar-refractivity contribution in [1.82, 2.24) is 10.6 Å². The molecule has 16 bridgehead atoms. The molecule has 25 nitrogen and oxygen atoms in total. The maximum absolute atomic E-state index is 12.6. The Balaban J connectivity index is 0.000000210. The molecule has 0 atom stereocenters. The number of fused-ring (bicyclic) bond motifs is 16. The zero-order valence-corrected chi connectivity index (χ0v) is 60.1. The van der Waals surface area contributed by atoms with E-state index in [1.54, 1.807) is 92.7 Å². The molecule has 2 aliphatic rings. The lowest BCUT2D eigenvalue weighted by Gasteiger charge is -2.22. The van der Waals surface area contributed by atoms with Crippen LogP contribution in [0.15, 0.2) is 170 Å². The number of aromatic hydroxyl groups is 6. The zero-order valence-electron chi connectivity index (χ0n) is 55.2. The number of thiocarbonyl (C=S) groups is 2. The second-order valence-corrected chi connectivity index (χ2v) is 31.0. The highest BCUT2D eigenvalue weighted by atomic mass is 32.2. The molecule has 31 heteroatoms. The van der Waals surface area contributed by atoms with E-state index in [1.165, 1.54) is 6.26 Å². The Morgan fingerprint density at radius 3 is 0.886 bits per heavy atom. The number of hydrogen-bond donors (Lipinski definition) is 8. The smallest absolute Gasteiger partial charge is 0.262 e. The van der Waals surface area contributed by atoms with Gasteiger partial charge in [0.15, 0.2) is 13.2 Å². The summed E-state index contributed by atoms with van der Waals surface area (Å²) >= 11 is 9.44. The monoisotopic (exact) mass is 1540 g/mol. The SMILES string of the molecule is Cc1cc2c(O)c(c1)Cc1cc(S(=O)(=O)[O-])cc(c1O)Cc1cc(-c3ccccc3)cc(c1OCC(=O)NC=S)Cc1cc(S(=O)(=O)[O-])cc(c1O)C2.Cc1cc2c(O)c(c1)Cc1cc(S(=O)(=O)[O-])cc(c1O)Cc1cc(-c3ccco3)cc(c1OCC(=O)NC=S)Cc1cc(S(=O)(=O)[O-])cc(c1O)C2. The Kier molecular flexibility index (Phi) is 21.8. The van der Waals surface area contributed by atoms with Gasteiger partial charge < -0.3 is 73.4 Å². The standard InChI is InChI=1S/C38H33NO11S3.C36H31NO12S3/c1-21-7-24-11-26-15-32(52(44,45)46)17-28(36(26)42)13-30-9-23(22-5-3-2-4-6-22)10-31(38(30)50-19-34(40)39-20-51)14-29-18-33(53(47,48)49)16-27(37(29)43)12-25(8-21)35(24)41;1-19-5-21-9-23-13-29(51(42,43)44)15-25(34(23)40)11-27-7-20(31-3-2-4-48-31)8-28(36(27)49-17-32(38)37-18-50)12-26-16-30(52(45,46)47)14-24(35(26)41)10-22(6-19)33(21)39/h2-10,15-18,20,41-43H,11-14,19H2,1H3,(H,39,40,51)(H,44,45,46)(H,47,48,49);2-8,13-16,18,39-41H,9-12,17H2,1H3,(H,37,38,50)(H,42,43,44)(H,45,46,47)/p-4. The fourth-order valence-corrected chi connectivity index (χ4v) is 15.4. The summed E-state index contributed by atoms with van der Waals surface area (Å²) in [5.74, 6) is -2.88. The molecule has 105 heavy (non-hydrogen) atoms. The Morgan fingerprint density at radius 2 is 0.638 bits per heavy atom. The molecule has 12 rings (SSSR count). The minimum atomic E-state index is -5.06. The quantitative estimate of drug-likeness (QED) is 0.0371. The van der Waals surface area contributed by atoms with Crippen LogP contribution in [0.4, 0.5) is 0 Å². The van der Waals surface area contributed by atoms with E-state index < -0.39 is 85.1 Å². The number of hydrogen-bond acceptors (Lipinski definition) is 25. The first-order valence-electron chi connectivity index (χ1n) is 31.5. The lowest BCUT2D eigenvalue weighted by Crippen LogP contribution is -2.27. The number of carbonyl (C=O) groups is 2. The van der Waals surface area contributed by atoms with Gasteiger partial charge in [-0.2, -0.15) is 0 Å². The van der Waals surface area contributed by atoms with Crippen molar-refractivity contribution in [3.05, 3.63) is 246 Å². The van der Waals surface area contributed by atoms with Gasteiger partial charge in [0.25, 0.3) is 11.8 Å². The summed E-state index contributed by atoms with van der Waals surface area (Å²) in [7, 11) is -20.2. The largest absolute Gasteiger partial charge is 0.744 e. The fourth-order valence-electron chi connectivity index (χ4n) is 12.9. The molecule has 0 unspecified atom stereocenters. The number of carbonyl (C=O) groups excluding carboxylic acids is 2. The van der Waals surface area contributed by atoms with Gasteiger partial charge in [0.05, 0.1) is 36.8 Å².